The largest absolute Gasteiger partial charge is 0.391 e. The Hall–Kier alpha value is 0.0500. The lowest BCUT2D eigenvalue weighted by molar-refractivity contribution is 0.0638. The molecule has 0 amide bonds. The summed E-state index contributed by atoms with van der Waals surface area (Å²) < 4.78 is 28.3. The smallest absolute Gasteiger partial charge is 0.244 e. The number of benzene rings is 1. The number of likely N-dealkylation sites (N-methyl/N-ethyl adjacent to an activating group) is 1. The van der Waals surface area contributed by atoms with Crippen LogP contribution in [0.3, 0.4) is 0 Å². The van der Waals surface area contributed by atoms with E-state index in [1.165, 1.54) is 4.31 Å². The van der Waals surface area contributed by atoms with Gasteiger partial charge in [0, 0.05) is 16.0 Å². The van der Waals surface area contributed by atoms with E-state index in [-0.39, 0.29) is 10.9 Å². The molecule has 2 unspecified atom stereocenters. The molecule has 1 aliphatic rings. The Bertz CT molecular complexity index is 633. The number of nitrogens with zero attached hydrogens (tertiary/aromatic N) is 1. The third kappa shape index (κ3) is 3.52. The lowest BCUT2D eigenvalue weighted by atomic mass is 9.93. The number of aryl methyl sites for hydroxylation is 1. The van der Waals surface area contributed by atoms with E-state index in [2.05, 4.69) is 31.9 Å². The molecule has 1 aromatic carbocycles. The van der Waals surface area contributed by atoms with Crippen molar-refractivity contribution in [1.82, 2.24) is 4.31 Å². The number of aliphatic hydroxyl groups excluding tert-OH is 1. The van der Waals surface area contributed by atoms with Gasteiger partial charge in [-0.1, -0.05) is 28.8 Å². The minimum absolute atomic E-state index is 0.222. The van der Waals surface area contributed by atoms with E-state index >= 15 is 0 Å². The molecule has 118 valence electrons. The minimum atomic E-state index is -3.64. The Morgan fingerprint density at radius 2 is 1.81 bits per heavy atom. The molecular weight excluding hydrogens is 422 g/mol. The Balaban J connectivity index is 2.39. The van der Waals surface area contributed by atoms with Crippen LogP contribution in [0.2, 0.25) is 0 Å². The summed E-state index contributed by atoms with van der Waals surface area (Å²) in [4.78, 5) is 0.222. The van der Waals surface area contributed by atoms with Crippen LogP contribution >= 0.6 is 31.9 Å². The van der Waals surface area contributed by atoms with E-state index in [9.17, 15) is 13.5 Å². The van der Waals surface area contributed by atoms with Crippen molar-refractivity contribution in [3.05, 3.63) is 26.6 Å². The van der Waals surface area contributed by atoms with Crippen LogP contribution in [-0.2, 0) is 10.0 Å². The second-order valence-corrected chi connectivity index (χ2v) is 9.15. The molecule has 1 fully saturated rings. The predicted octanol–water partition coefficient (Wildman–Crippen LogP) is 3.44. The van der Waals surface area contributed by atoms with E-state index in [0.717, 1.165) is 22.9 Å². The van der Waals surface area contributed by atoms with Gasteiger partial charge in [0.05, 0.1) is 17.0 Å². The first-order valence-corrected chi connectivity index (χ1v) is 9.89. The zero-order valence-corrected chi connectivity index (χ0v) is 16.0. The van der Waals surface area contributed by atoms with Gasteiger partial charge in [-0.2, -0.15) is 4.31 Å². The Morgan fingerprint density at radius 1 is 1.19 bits per heavy atom. The molecular formula is C14H19Br2NO3S. The minimum Gasteiger partial charge on any atom is -0.391 e. The van der Waals surface area contributed by atoms with E-state index in [1.54, 1.807) is 19.2 Å². The molecule has 0 heterocycles. The summed E-state index contributed by atoms with van der Waals surface area (Å²) in [6.45, 7) is 1.90. The van der Waals surface area contributed by atoms with Crippen LogP contribution in [0.1, 0.15) is 31.2 Å². The van der Waals surface area contributed by atoms with Gasteiger partial charge in [-0.05, 0) is 53.4 Å². The molecule has 7 heteroatoms. The summed E-state index contributed by atoms with van der Waals surface area (Å²) in [5.41, 5.74) is 0.959. The summed E-state index contributed by atoms with van der Waals surface area (Å²) >= 11 is 6.71. The molecule has 0 aromatic heterocycles. The van der Waals surface area contributed by atoms with Crippen molar-refractivity contribution in [2.45, 2.75) is 49.6 Å². The van der Waals surface area contributed by atoms with E-state index < -0.39 is 16.1 Å². The van der Waals surface area contributed by atoms with Crippen molar-refractivity contribution in [1.29, 1.82) is 0 Å². The molecule has 4 nitrogen and oxygen atoms in total. The fourth-order valence-electron chi connectivity index (χ4n) is 2.67. The summed E-state index contributed by atoms with van der Waals surface area (Å²) in [5, 5.41) is 10.1. The van der Waals surface area contributed by atoms with Gasteiger partial charge in [-0.25, -0.2) is 8.42 Å². The standard InChI is InChI=1S/C14H19Br2NO3S/c1-9-7-11(16)14(8-10(9)15)21(19,20)17(2)12-5-3-4-6-13(12)18/h7-8,12-13,18H,3-6H2,1-2H3. The van der Waals surface area contributed by atoms with Crippen molar-refractivity contribution in [2.24, 2.45) is 0 Å². The molecule has 0 spiro atoms. The Kier molecular flexibility index (Phi) is 5.52. The van der Waals surface area contributed by atoms with Gasteiger partial charge in [0.1, 0.15) is 0 Å². The second-order valence-electron chi connectivity index (χ2n) is 5.47. The third-order valence-corrected chi connectivity index (χ3v) is 7.73. The fourth-order valence-corrected chi connectivity index (χ4v) is 5.73. The van der Waals surface area contributed by atoms with Crippen LogP contribution in [0.15, 0.2) is 26.0 Å². The molecule has 0 saturated heterocycles. The van der Waals surface area contributed by atoms with Crippen LogP contribution in [0.5, 0.6) is 0 Å². The van der Waals surface area contributed by atoms with Crippen LogP contribution in [0, 0.1) is 6.92 Å². The maximum atomic E-state index is 12.8. The number of sulfonamides is 1. The van der Waals surface area contributed by atoms with Gasteiger partial charge < -0.3 is 5.11 Å². The average molecular weight is 441 g/mol. The van der Waals surface area contributed by atoms with Gasteiger partial charge in [0.2, 0.25) is 10.0 Å². The van der Waals surface area contributed by atoms with Crippen molar-refractivity contribution in [2.75, 3.05) is 7.05 Å². The third-order valence-electron chi connectivity index (χ3n) is 4.03. The summed E-state index contributed by atoms with van der Waals surface area (Å²) in [5.74, 6) is 0. The van der Waals surface area contributed by atoms with Gasteiger partial charge in [-0.3, -0.25) is 0 Å². The zero-order valence-electron chi connectivity index (χ0n) is 12.0. The maximum Gasteiger partial charge on any atom is 0.244 e. The highest BCUT2D eigenvalue weighted by Gasteiger charge is 2.35. The lowest BCUT2D eigenvalue weighted by Gasteiger charge is -2.34. The molecule has 0 bridgehead atoms. The van der Waals surface area contributed by atoms with E-state index in [1.807, 2.05) is 6.92 Å². The van der Waals surface area contributed by atoms with Gasteiger partial charge >= 0.3 is 0 Å². The lowest BCUT2D eigenvalue weighted by Crippen LogP contribution is -2.46. The number of hydrogen-bond donors (Lipinski definition) is 1. The number of rotatable bonds is 3. The highest BCUT2D eigenvalue weighted by molar-refractivity contribution is 9.11. The van der Waals surface area contributed by atoms with E-state index in [4.69, 9.17) is 0 Å². The summed E-state index contributed by atoms with van der Waals surface area (Å²) in [7, 11) is -2.09. The van der Waals surface area contributed by atoms with Gasteiger partial charge in [-0.15, -0.1) is 0 Å². The molecule has 1 saturated carbocycles. The van der Waals surface area contributed by atoms with E-state index in [0.29, 0.717) is 17.3 Å². The monoisotopic (exact) mass is 439 g/mol. The first kappa shape index (κ1) is 17.4. The Morgan fingerprint density at radius 3 is 2.43 bits per heavy atom. The van der Waals surface area contributed by atoms with Crippen molar-refractivity contribution < 1.29 is 13.5 Å². The molecule has 2 rings (SSSR count). The SMILES string of the molecule is Cc1cc(Br)c(S(=O)(=O)N(C)C2CCCCC2O)cc1Br. The molecule has 21 heavy (non-hydrogen) atoms. The molecule has 1 aliphatic carbocycles. The van der Waals surface area contributed by atoms with Gasteiger partial charge in [0.25, 0.3) is 0 Å². The number of halogens is 2. The Labute approximate surface area is 142 Å². The first-order chi connectivity index (χ1) is 9.75. The zero-order chi connectivity index (χ0) is 15.8. The highest BCUT2D eigenvalue weighted by atomic mass is 79.9. The molecule has 0 aliphatic heterocycles. The first-order valence-electron chi connectivity index (χ1n) is 6.87. The second kappa shape index (κ2) is 6.66. The highest BCUT2D eigenvalue weighted by Crippen LogP contribution is 2.33. The normalized spacial score (nSPS) is 23.5. The quantitative estimate of drug-likeness (QED) is 0.782. The fraction of sp³-hybridized carbons (Fsp3) is 0.571. The topological polar surface area (TPSA) is 57.6 Å². The van der Waals surface area contributed by atoms with Gasteiger partial charge in [0.15, 0.2) is 0 Å². The molecule has 1 N–H and O–H groups in total. The number of hydrogen-bond acceptors (Lipinski definition) is 3. The number of aliphatic hydroxyl groups is 1. The van der Waals surface area contributed by atoms with Crippen LogP contribution in [0.4, 0.5) is 0 Å². The summed E-state index contributed by atoms with van der Waals surface area (Å²) in [6.07, 6.45) is 2.66. The van der Waals surface area contributed by atoms with Crippen LogP contribution in [-0.4, -0.2) is 37.0 Å². The van der Waals surface area contributed by atoms with Crippen LogP contribution in [0.25, 0.3) is 0 Å². The molecule has 1 aromatic rings. The average Bonchev–Trinajstić information content (AvgIpc) is 2.42. The predicted molar refractivity (Wildman–Crippen MR) is 89.8 cm³/mol. The molecule has 0 radical (unpaired) electrons. The van der Waals surface area contributed by atoms with Crippen molar-refractivity contribution >= 4 is 41.9 Å². The molecule has 2 atom stereocenters. The summed E-state index contributed by atoms with van der Waals surface area (Å²) in [6, 6.07) is 3.04. The van der Waals surface area contributed by atoms with Crippen LogP contribution < -0.4 is 0 Å². The van der Waals surface area contributed by atoms with Crippen molar-refractivity contribution in [3.8, 4) is 0 Å². The maximum absolute atomic E-state index is 12.8. The van der Waals surface area contributed by atoms with Crippen molar-refractivity contribution in [3.63, 3.8) is 0 Å².